The monoisotopic (exact) mass is 409 g/mol. The molecule has 0 bridgehead atoms. The Morgan fingerprint density at radius 3 is 2.69 bits per heavy atom. The van der Waals surface area contributed by atoms with Gasteiger partial charge in [0, 0.05) is 26.2 Å². The number of ether oxygens (including phenoxy) is 2. The Labute approximate surface area is 165 Å². The average Bonchev–Trinajstić information content (AvgIpc) is 2.61. The Balaban J connectivity index is 0.00000169. The number of nitrogens with one attached hydrogen (secondary N) is 2. The normalized spacial score (nSPS) is 22.8. The molecule has 0 spiro atoms. The quantitative estimate of drug-likeness (QED) is 0.788. The minimum Gasteiger partial charge on any atom is -0.378 e. The van der Waals surface area contributed by atoms with Crippen molar-refractivity contribution >= 4 is 36.4 Å². The highest BCUT2D eigenvalue weighted by Gasteiger charge is 2.28. The van der Waals surface area contributed by atoms with Crippen LogP contribution in [0.5, 0.6) is 0 Å². The number of nitrogens with zero attached hydrogens (tertiary/aromatic N) is 1. The van der Waals surface area contributed by atoms with Crippen molar-refractivity contribution in [1.82, 2.24) is 10.6 Å². The SMILES string of the molecule is C[C@H]1OCCN[C@@H]1C(=O)NCc1ccc(N2CCOCC2)c(F)c1.Cl.Cl. The minimum atomic E-state index is -0.365. The van der Waals surface area contributed by atoms with Crippen molar-refractivity contribution in [2.45, 2.75) is 25.6 Å². The number of halogens is 3. The summed E-state index contributed by atoms with van der Waals surface area (Å²) in [5.41, 5.74) is 1.33. The van der Waals surface area contributed by atoms with Gasteiger partial charge in [-0.3, -0.25) is 4.79 Å². The van der Waals surface area contributed by atoms with E-state index in [0.29, 0.717) is 51.7 Å². The van der Waals surface area contributed by atoms with Crippen LogP contribution in [0.2, 0.25) is 0 Å². The smallest absolute Gasteiger partial charge is 0.240 e. The van der Waals surface area contributed by atoms with Crippen molar-refractivity contribution in [1.29, 1.82) is 0 Å². The number of carbonyl (C=O) groups is 1. The summed E-state index contributed by atoms with van der Waals surface area (Å²) in [5, 5.41) is 5.98. The number of anilines is 1. The van der Waals surface area contributed by atoms with E-state index in [9.17, 15) is 9.18 Å². The topological polar surface area (TPSA) is 62.8 Å². The van der Waals surface area contributed by atoms with Crippen molar-refractivity contribution < 1.29 is 18.7 Å². The van der Waals surface area contributed by atoms with Crippen LogP contribution < -0.4 is 15.5 Å². The van der Waals surface area contributed by atoms with Gasteiger partial charge in [0.2, 0.25) is 5.91 Å². The lowest BCUT2D eigenvalue weighted by Gasteiger charge is -2.30. The Morgan fingerprint density at radius 2 is 2.04 bits per heavy atom. The van der Waals surface area contributed by atoms with Crippen LogP contribution >= 0.6 is 24.8 Å². The van der Waals surface area contributed by atoms with Gasteiger partial charge in [-0.25, -0.2) is 4.39 Å². The first kappa shape index (κ1) is 22.9. The van der Waals surface area contributed by atoms with Gasteiger partial charge >= 0.3 is 0 Å². The maximum atomic E-state index is 14.3. The zero-order chi connectivity index (χ0) is 16.9. The fourth-order valence-corrected chi connectivity index (χ4v) is 3.05. The van der Waals surface area contributed by atoms with Gasteiger partial charge in [0.05, 0.1) is 31.6 Å². The van der Waals surface area contributed by atoms with E-state index in [2.05, 4.69) is 10.6 Å². The lowest BCUT2D eigenvalue weighted by Crippen LogP contribution is -2.55. The number of carbonyl (C=O) groups excluding carboxylic acids is 1. The van der Waals surface area contributed by atoms with Gasteiger partial charge in [-0.1, -0.05) is 6.07 Å². The van der Waals surface area contributed by atoms with Crippen molar-refractivity contribution in [3.8, 4) is 0 Å². The lowest BCUT2D eigenvalue weighted by atomic mass is 10.1. The molecule has 2 heterocycles. The first-order valence-corrected chi connectivity index (χ1v) is 8.39. The molecule has 6 nitrogen and oxygen atoms in total. The maximum absolute atomic E-state index is 14.3. The van der Waals surface area contributed by atoms with E-state index >= 15 is 0 Å². The van der Waals surface area contributed by atoms with Gasteiger partial charge in [0.25, 0.3) is 0 Å². The third-order valence-electron chi connectivity index (χ3n) is 4.43. The predicted octanol–water partition coefficient (Wildman–Crippen LogP) is 1.50. The zero-order valence-corrected chi connectivity index (χ0v) is 16.3. The summed E-state index contributed by atoms with van der Waals surface area (Å²) in [7, 11) is 0. The number of morpholine rings is 2. The molecule has 0 saturated carbocycles. The fourth-order valence-electron chi connectivity index (χ4n) is 3.05. The Bertz CT molecular complexity index is 588. The second-order valence-corrected chi connectivity index (χ2v) is 6.11. The highest BCUT2D eigenvalue weighted by atomic mass is 35.5. The van der Waals surface area contributed by atoms with Gasteiger partial charge in [-0.05, 0) is 24.6 Å². The van der Waals surface area contributed by atoms with Crippen LogP contribution in [-0.2, 0) is 20.8 Å². The summed E-state index contributed by atoms with van der Waals surface area (Å²) >= 11 is 0. The van der Waals surface area contributed by atoms with Crippen LogP contribution in [0.4, 0.5) is 10.1 Å². The Kier molecular flexibility index (Phi) is 9.60. The first-order chi connectivity index (χ1) is 11.6. The van der Waals surface area contributed by atoms with E-state index in [1.54, 1.807) is 6.07 Å². The van der Waals surface area contributed by atoms with E-state index < -0.39 is 0 Å². The van der Waals surface area contributed by atoms with Gasteiger partial charge in [0.15, 0.2) is 0 Å². The number of amides is 1. The van der Waals surface area contributed by atoms with Crippen molar-refractivity contribution in [2.24, 2.45) is 0 Å². The summed E-state index contributed by atoms with van der Waals surface area (Å²) < 4.78 is 25.1. The molecule has 2 aliphatic rings. The summed E-state index contributed by atoms with van der Waals surface area (Å²) in [6, 6.07) is 4.74. The molecule has 2 atom stereocenters. The van der Waals surface area contributed by atoms with E-state index in [1.165, 1.54) is 6.07 Å². The van der Waals surface area contributed by atoms with E-state index in [-0.39, 0.29) is 48.7 Å². The molecule has 0 aliphatic carbocycles. The molecule has 1 aromatic carbocycles. The molecule has 26 heavy (non-hydrogen) atoms. The number of benzene rings is 1. The highest BCUT2D eigenvalue weighted by Crippen LogP contribution is 2.21. The number of rotatable bonds is 4. The Hall–Kier alpha value is -1.12. The maximum Gasteiger partial charge on any atom is 0.240 e. The van der Waals surface area contributed by atoms with Crippen LogP contribution in [-0.4, -0.2) is 57.5 Å². The molecule has 2 saturated heterocycles. The molecule has 148 valence electrons. The molecule has 0 aromatic heterocycles. The standard InChI is InChI=1S/C17H24FN3O3.2ClH/c1-12-16(19-4-7-24-12)17(22)20-11-13-2-3-15(14(18)10-13)21-5-8-23-9-6-21;;/h2-3,10,12,16,19H,4-9,11H2,1H3,(H,20,22);2*1H/t12-,16+;;/m1../s1. The third kappa shape index (κ3) is 5.69. The highest BCUT2D eigenvalue weighted by molar-refractivity contribution is 5.85. The van der Waals surface area contributed by atoms with E-state index in [4.69, 9.17) is 9.47 Å². The van der Waals surface area contributed by atoms with Crippen LogP contribution in [0, 0.1) is 5.82 Å². The number of hydrogen-bond acceptors (Lipinski definition) is 5. The van der Waals surface area contributed by atoms with Gasteiger partial charge in [-0.15, -0.1) is 24.8 Å². The second kappa shape index (κ2) is 10.9. The van der Waals surface area contributed by atoms with Crippen LogP contribution in [0.1, 0.15) is 12.5 Å². The largest absolute Gasteiger partial charge is 0.378 e. The molecule has 9 heteroatoms. The summed E-state index contributed by atoms with van der Waals surface area (Å²) in [4.78, 5) is 14.2. The van der Waals surface area contributed by atoms with Crippen molar-refractivity contribution in [2.75, 3.05) is 44.4 Å². The molecule has 0 unspecified atom stereocenters. The molecule has 2 N–H and O–H groups in total. The van der Waals surface area contributed by atoms with Gasteiger partial charge in [0.1, 0.15) is 11.9 Å². The molecule has 2 fully saturated rings. The Morgan fingerprint density at radius 1 is 1.31 bits per heavy atom. The summed E-state index contributed by atoms with van der Waals surface area (Å²) in [5.74, 6) is -0.393. The molecule has 1 aromatic rings. The lowest BCUT2D eigenvalue weighted by molar-refractivity contribution is -0.129. The van der Waals surface area contributed by atoms with E-state index in [1.807, 2.05) is 17.9 Å². The van der Waals surface area contributed by atoms with Crippen molar-refractivity contribution in [3.63, 3.8) is 0 Å². The molecule has 0 radical (unpaired) electrons. The summed E-state index contributed by atoms with van der Waals surface area (Å²) in [6.45, 7) is 6.05. The first-order valence-electron chi connectivity index (χ1n) is 8.39. The van der Waals surface area contributed by atoms with Gasteiger partial charge < -0.3 is 25.0 Å². The van der Waals surface area contributed by atoms with E-state index in [0.717, 1.165) is 5.56 Å². The average molecular weight is 410 g/mol. The molecular formula is C17H26Cl2FN3O3. The predicted molar refractivity (Wildman–Crippen MR) is 103 cm³/mol. The molecule has 2 aliphatic heterocycles. The zero-order valence-electron chi connectivity index (χ0n) is 14.7. The minimum absolute atomic E-state index is 0. The summed E-state index contributed by atoms with van der Waals surface area (Å²) in [6.07, 6.45) is -0.167. The van der Waals surface area contributed by atoms with Crippen molar-refractivity contribution in [3.05, 3.63) is 29.6 Å². The second-order valence-electron chi connectivity index (χ2n) is 6.11. The molecule has 3 rings (SSSR count). The number of hydrogen-bond donors (Lipinski definition) is 2. The molecular weight excluding hydrogens is 384 g/mol. The van der Waals surface area contributed by atoms with Gasteiger partial charge in [-0.2, -0.15) is 0 Å². The fraction of sp³-hybridized carbons (Fsp3) is 0.588. The van der Waals surface area contributed by atoms with Crippen LogP contribution in [0.15, 0.2) is 18.2 Å². The van der Waals surface area contributed by atoms with Crippen LogP contribution in [0.25, 0.3) is 0 Å². The van der Waals surface area contributed by atoms with Crippen LogP contribution in [0.3, 0.4) is 0 Å². The third-order valence-corrected chi connectivity index (χ3v) is 4.43. The molecule has 1 amide bonds.